The van der Waals surface area contributed by atoms with Crippen molar-refractivity contribution in [1.82, 2.24) is 10.3 Å². The van der Waals surface area contributed by atoms with Gasteiger partial charge in [-0.25, -0.2) is 13.4 Å². The highest BCUT2D eigenvalue weighted by Gasteiger charge is 2.19. The maximum Gasteiger partial charge on any atom is 0.264 e. The summed E-state index contributed by atoms with van der Waals surface area (Å²) in [6.45, 7) is 5.46. The Balaban J connectivity index is 2.23. The van der Waals surface area contributed by atoms with Crippen molar-refractivity contribution >= 4 is 42.4 Å². The third-order valence-electron chi connectivity index (χ3n) is 2.71. The van der Waals surface area contributed by atoms with E-state index in [1.807, 2.05) is 19.9 Å². The first-order valence-corrected chi connectivity index (χ1v) is 9.46. The average molecular weight is 390 g/mol. The fourth-order valence-corrected chi connectivity index (χ4v) is 4.75. The van der Waals surface area contributed by atoms with E-state index in [1.165, 1.54) is 11.3 Å². The number of benzene rings is 1. The normalized spacial score (nSPS) is 11.6. The van der Waals surface area contributed by atoms with Crippen molar-refractivity contribution in [3.05, 3.63) is 39.3 Å². The number of aryl methyl sites for hydroxylation is 1. The summed E-state index contributed by atoms with van der Waals surface area (Å²) in [5.74, 6) is 0. The summed E-state index contributed by atoms with van der Waals surface area (Å²) in [5.41, 5.74) is 1.02. The topological polar surface area (TPSA) is 71.1 Å². The van der Waals surface area contributed by atoms with E-state index in [1.54, 1.807) is 18.3 Å². The Bertz CT molecular complexity index is 729. The second kappa shape index (κ2) is 6.87. The van der Waals surface area contributed by atoms with E-state index < -0.39 is 10.0 Å². The van der Waals surface area contributed by atoms with Crippen LogP contribution in [0.5, 0.6) is 0 Å². The lowest BCUT2D eigenvalue weighted by Crippen LogP contribution is -2.15. The van der Waals surface area contributed by atoms with Gasteiger partial charge >= 0.3 is 0 Å². The van der Waals surface area contributed by atoms with Crippen molar-refractivity contribution in [3.63, 3.8) is 0 Å². The van der Waals surface area contributed by atoms with Gasteiger partial charge in [-0.1, -0.05) is 13.0 Å². The predicted octanol–water partition coefficient (Wildman–Crippen LogP) is 3.12. The molecule has 0 bridgehead atoms. The van der Waals surface area contributed by atoms with E-state index in [0.717, 1.165) is 17.0 Å². The lowest BCUT2D eigenvalue weighted by Gasteiger charge is -2.09. The molecule has 0 unspecified atom stereocenters. The predicted molar refractivity (Wildman–Crippen MR) is 89.2 cm³/mol. The largest absolute Gasteiger partial charge is 0.313 e. The van der Waals surface area contributed by atoms with Gasteiger partial charge in [0.25, 0.3) is 10.0 Å². The molecule has 0 radical (unpaired) electrons. The quantitative estimate of drug-likeness (QED) is 0.795. The molecule has 2 aromatic rings. The summed E-state index contributed by atoms with van der Waals surface area (Å²) in [5, 5.41) is 3.57. The molecule has 1 heterocycles. The third kappa shape index (κ3) is 4.26. The van der Waals surface area contributed by atoms with Crippen molar-refractivity contribution in [2.24, 2.45) is 0 Å². The molecule has 2 N–H and O–H groups in total. The van der Waals surface area contributed by atoms with Crippen molar-refractivity contribution in [2.45, 2.75) is 25.3 Å². The van der Waals surface area contributed by atoms with Gasteiger partial charge in [0.15, 0.2) is 5.13 Å². The number of rotatable bonds is 6. The zero-order valence-electron chi connectivity index (χ0n) is 11.7. The molecule has 0 aliphatic heterocycles. The molecule has 114 valence electrons. The molecule has 0 saturated heterocycles. The number of hydrogen-bond acceptors (Lipinski definition) is 5. The molecule has 0 spiro atoms. The van der Waals surface area contributed by atoms with Gasteiger partial charge in [0, 0.05) is 22.1 Å². The second-order valence-corrected chi connectivity index (χ2v) is 8.17. The maximum atomic E-state index is 12.4. The number of nitrogens with zero attached hydrogens (tertiary/aromatic N) is 1. The van der Waals surface area contributed by atoms with Gasteiger partial charge in [-0.3, -0.25) is 4.72 Å². The van der Waals surface area contributed by atoms with Crippen LogP contribution >= 0.6 is 27.3 Å². The van der Waals surface area contributed by atoms with Gasteiger partial charge in [-0.2, -0.15) is 0 Å². The van der Waals surface area contributed by atoms with E-state index in [-0.39, 0.29) is 4.90 Å². The Kier molecular flexibility index (Phi) is 5.37. The summed E-state index contributed by atoms with van der Waals surface area (Å²) in [6, 6.07) is 5.21. The van der Waals surface area contributed by atoms with Gasteiger partial charge in [-0.05, 0) is 47.1 Å². The van der Waals surface area contributed by atoms with E-state index in [0.29, 0.717) is 16.1 Å². The number of sulfonamides is 1. The molecule has 0 aliphatic carbocycles. The summed E-state index contributed by atoms with van der Waals surface area (Å²) in [7, 11) is -3.64. The minimum atomic E-state index is -3.64. The first kappa shape index (κ1) is 16.4. The van der Waals surface area contributed by atoms with Gasteiger partial charge in [0.05, 0.1) is 0 Å². The Labute approximate surface area is 137 Å². The van der Waals surface area contributed by atoms with Crippen LogP contribution in [0.15, 0.2) is 33.8 Å². The molecule has 21 heavy (non-hydrogen) atoms. The van der Waals surface area contributed by atoms with Crippen LogP contribution in [0.2, 0.25) is 0 Å². The maximum absolute atomic E-state index is 12.4. The van der Waals surface area contributed by atoms with Gasteiger partial charge in [0.2, 0.25) is 0 Å². The number of anilines is 1. The van der Waals surface area contributed by atoms with Crippen LogP contribution in [0.25, 0.3) is 0 Å². The zero-order chi connectivity index (χ0) is 15.5. The summed E-state index contributed by atoms with van der Waals surface area (Å²) in [4.78, 5) is 5.17. The average Bonchev–Trinajstić information content (AvgIpc) is 2.80. The van der Waals surface area contributed by atoms with E-state index in [4.69, 9.17) is 0 Å². The van der Waals surface area contributed by atoms with Crippen molar-refractivity contribution in [2.75, 3.05) is 11.3 Å². The van der Waals surface area contributed by atoms with Crippen LogP contribution in [0.1, 0.15) is 17.4 Å². The highest BCUT2D eigenvalue weighted by Crippen LogP contribution is 2.26. The first-order chi connectivity index (χ1) is 9.92. The SMILES string of the molecule is CCNCc1ccc(S(=O)(=O)Nc2ncc(C)s2)c(Br)c1. The van der Waals surface area contributed by atoms with E-state index in [9.17, 15) is 8.42 Å². The molecule has 0 aliphatic rings. The second-order valence-electron chi connectivity index (χ2n) is 4.43. The molecule has 0 atom stereocenters. The molecule has 5 nitrogen and oxygen atoms in total. The Morgan fingerprint density at radius 3 is 2.71 bits per heavy atom. The smallest absolute Gasteiger partial charge is 0.264 e. The number of halogens is 1. The number of hydrogen-bond donors (Lipinski definition) is 2. The van der Waals surface area contributed by atoms with Gasteiger partial charge in [0.1, 0.15) is 4.90 Å². The highest BCUT2D eigenvalue weighted by molar-refractivity contribution is 9.10. The van der Waals surface area contributed by atoms with Crippen LogP contribution in [0, 0.1) is 6.92 Å². The lowest BCUT2D eigenvalue weighted by molar-refractivity contribution is 0.600. The van der Waals surface area contributed by atoms with Crippen molar-refractivity contribution in [3.8, 4) is 0 Å². The van der Waals surface area contributed by atoms with Crippen molar-refractivity contribution < 1.29 is 8.42 Å². The van der Waals surface area contributed by atoms with Crippen LogP contribution in [0.4, 0.5) is 5.13 Å². The highest BCUT2D eigenvalue weighted by atomic mass is 79.9. The minimum absolute atomic E-state index is 0.204. The minimum Gasteiger partial charge on any atom is -0.313 e. The van der Waals surface area contributed by atoms with Crippen LogP contribution in [0.3, 0.4) is 0 Å². The molecule has 1 aromatic carbocycles. The molecular weight excluding hydrogens is 374 g/mol. The Morgan fingerprint density at radius 2 is 2.14 bits per heavy atom. The first-order valence-electron chi connectivity index (χ1n) is 6.37. The summed E-state index contributed by atoms with van der Waals surface area (Å²) < 4.78 is 27.8. The molecule has 0 fully saturated rings. The molecule has 2 rings (SSSR count). The van der Waals surface area contributed by atoms with Crippen LogP contribution in [-0.2, 0) is 16.6 Å². The standard InChI is InChI=1S/C13H16BrN3O2S2/c1-3-15-8-10-4-5-12(11(14)6-10)21(18,19)17-13-16-7-9(2)20-13/h4-7,15H,3,8H2,1-2H3,(H,16,17). The monoisotopic (exact) mass is 389 g/mol. The number of nitrogens with one attached hydrogen (secondary N) is 2. The fraction of sp³-hybridized carbons (Fsp3) is 0.308. The van der Waals surface area contributed by atoms with E-state index in [2.05, 4.69) is 31.0 Å². The Hall–Kier alpha value is -0.960. The van der Waals surface area contributed by atoms with Crippen molar-refractivity contribution in [1.29, 1.82) is 0 Å². The molecule has 0 amide bonds. The number of aromatic nitrogens is 1. The van der Waals surface area contributed by atoms with E-state index >= 15 is 0 Å². The van der Waals surface area contributed by atoms with Crippen LogP contribution in [-0.4, -0.2) is 19.9 Å². The van der Waals surface area contributed by atoms with Crippen LogP contribution < -0.4 is 10.0 Å². The molecule has 1 aromatic heterocycles. The fourth-order valence-electron chi connectivity index (χ4n) is 1.71. The molecule has 8 heteroatoms. The molecule has 0 saturated carbocycles. The third-order valence-corrected chi connectivity index (χ3v) is 5.98. The zero-order valence-corrected chi connectivity index (χ0v) is 14.9. The summed E-state index contributed by atoms with van der Waals surface area (Å²) in [6.07, 6.45) is 1.64. The summed E-state index contributed by atoms with van der Waals surface area (Å²) >= 11 is 4.63. The Morgan fingerprint density at radius 1 is 1.38 bits per heavy atom. The number of thiazole rings is 1. The van der Waals surface area contributed by atoms with Gasteiger partial charge < -0.3 is 5.32 Å². The molecular formula is C13H16BrN3O2S2. The van der Waals surface area contributed by atoms with Gasteiger partial charge in [-0.15, -0.1) is 11.3 Å². The lowest BCUT2D eigenvalue weighted by atomic mass is 10.2.